The number of thiophene rings is 1. The number of halogens is 1. The Morgan fingerprint density at radius 1 is 1.50 bits per heavy atom. The monoisotopic (exact) mass is 508 g/mol. The van der Waals surface area contributed by atoms with Gasteiger partial charge in [-0.3, -0.25) is 9.89 Å². The molecule has 1 fully saturated rings. The van der Waals surface area contributed by atoms with E-state index < -0.39 is 0 Å². The Morgan fingerprint density at radius 2 is 2.35 bits per heavy atom. The van der Waals surface area contributed by atoms with Gasteiger partial charge in [0.05, 0.1) is 0 Å². The summed E-state index contributed by atoms with van der Waals surface area (Å²) in [7, 11) is 2.25. The second-order valence-corrected chi connectivity index (χ2v) is 8.48. The molecule has 2 rings (SSSR count). The molecule has 0 aromatic carbocycles. The van der Waals surface area contributed by atoms with Crippen LogP contribution in [0.1, 0.15) is 30.7 Å². The van der Waals surface area contributed by atoms with Gasteiger partial charge in [0.1, 0.15) is 0 Å². The molecule has 7 heteroatoms. The van der Waals surface area contributed by atoms with Gasteiger partial charge in [0.25, 0.3) is 0 Å². The van der Waals surface area contributed by atoms with Gasteiger partial charge in [-0.1, -0.05) is 12.1 Å². The summed E-state index contributed by atoms with van der Waals surface area (Å²) in [6.07, 6.45) is 4.47. The number of guanidine groups is 1. The lowest BCUT2D eigenvalue weighted by Crippen LogP contribution is -2.40. The molecule has 0 spiro atoms. The summed E-state index contributed by atoms with van der Waals surface area (Å²) in [6.45, 7) is 9.76. The van der Waals surface area contributed by atoms with E-state index >= 15 is 0 Å². The molecule has 2 atom stereocenters. The maximum atomic E-state index is 4.89. The van der Waals surface area contributed by atoms with Gasteiger partial charge in [-0.2, -0.15) is 11.8 Å². The molecule has 0 amide bonds. The summed E-state index contributed by atoms with van der Waals surface area (Å²) < 4.78 is 0. The van der Waals surface area contributed by atoms with Crippen LogP contribution in [0.25, 0.3) is 0 Å². The highest BCUT2D eigenvalue weighted by Crippen LogP contribution is 2.37. The molecule has 148 valence electrons. The molecule has 26 heavy (non-hydrogen) atoms. The van der Waals surface area contributed by atoms with Crippen LogP contribution in [-0.4, -0.2) is 55.6 Å². The van der Waals surface area contributed by atoms with Gasteiger partial charge >= 0.3 is 0 Å². The number of nitrogens with one attached hydrogen (secondary N) is 2. The number of nitrogens with zero attached hydrogens (tertiary/aromatic N) is 2. The first-order chi connectivity index (χ1) is 12.3. The first-order valence-electron chi connectivity index (χ1n) is 9.20. The number of hydrogen-bond acceptors (Lipinski definition) is 4. The van der Waals surface area contributed by atoms with Gasteiger partial charge in [0.2, 0.25) is 0 Å². The van der Waals surface area contributed by atoms with E-state index in [-0.39, 0.29) is 24.0 Å². The van der Waals surface area contributed by atoms with Crippen molar-refractivity contribution in [2.75, 3.05) is 44.7 Å². The van der Waals surface area contributed by atoms with Crippen molar-refractivity contribution < 1.29 is 0 Å². The molecule has 2 N–H and O–H groups in total. The van der Waals surface area contributed by atoms with Crippen LogP contribution in [0.2, 0.25) is 0 Å². The standard InChI is InChI=1S/C19H32N4S2.HI/c1-4-12-24-14-10-21-19(20-5-2)22-15-16-8-6-11-23(3)18(16)17-9-7-13-25-17;/h4,7,9,13,16,18H,1,5-6,8,10-12,14-15H2,2-3H3,(H2,20,21,22);1H. The first-order valence-corrected chi connectivity index (χ1v) is 11.2. The number of aliphatic imine (C=N–C) groups is 1. The van der Waals surface area contributed by atoms with Crippen molar-refractivity contribution in [3.05, 3.63) is 35.0 Å². The van der Waals surface area contributed by atoms with Crippen LogP contribution < -0.4 is 10.6 Å². The van der Waals surface area contributed by atoms with Crippen LogP contribution in [0.5, 0.6) is 0 Å². The van der Waals surface area contributed by atoms with E-state index in [1.807, 2.05) is 29.2 Å². The molecular formula is C19H33IN4S2. The number of hydrogen-bond donors (Lipinski definition) is 2. The topological polar surface area (TPSA) is 39.7 Å². The van der Waals surface area contributed by atoms with Crippen LogP contribution >= 0.6 is 47.1 Å². The Bertz CT molecular complexity index is 522. The molecule has 0 bridgehead atoms. The molecule has 1 aromatic heterocycles. The van der Waals surface area contributed by atoms with Gasteiger partial charge < -0.3 is 10.6 Å². The minimum atomic E-state index is 0. The highest BCUT2D eigenvalue weighted by atomic mass is 127. The summed E-state index contributed by atoms with van der Waals surface area (Å²) in [6, 6.07) is 4.94. The quantitative estimate of drug-likeness (QED) is 0.172. The molecule has 1 aliphatic rings. The Kier molecular flexibility index (Phi) is 12.7. The largest absolute Gasteiger partial charge is 0.357 e. The molecule has 1 aliphatic heterocycles. The Morgan fingerprint density at radius 3 is 3.04 bits per heavy atom. The van der Waals surface area contributed by atoms with Gasteiger partial charge in [-0.25, -0.2) is 0 Å². The molecule has 0 saturated carbocycles. The number of rotatable bonds is 9. The van der Waals surface area contributed by atoms with E-state index in [1.54, 1.807) is 0 Å². The maximum Gasteiger partial charge on any atom is 0.191 e. The highest BCUT2D eigenvalue weighted by Gasteiger charge is 2.31. The second-order valence-electron chi connectivity index (χ2n) is 6.35. The summed E-state index contributed by atoms with van der Waals surface area (Å²) in [4.78, 5) is 8.87. The van der Waals surface area contributed by atoms with E-state index in [9.17, 15) is 0 Å². The third kappa shape index (κ3) is 7.78. The minimum Gasteiger partial charge on any atom is -0.357 e. The Hall–Kier alpha value is -0.250. The first kappa shape index (κ1) is 23.8. The lowest BCUT2D eigenvalue weighted by molar-refractivity contribution is 0.128. The zero-order valence-corrected chi connectivity index (χ0v) is 19.9. The van der Waals surface area contributed by atoms with Crippen molar-refractivity contribution in [1.82, 2.24) is 15.5 Å². The zero-order chi connectivity index (χ0) is 17.9. The summed E-state index contributed by atoms with van der Waals surface area (Å²) >= 11 is 3.76. The molecule has 4 nitrogen and oxygen atoms in total. The van der Waals surface area contributed by atoms with E-state index in [4.69, 9.17) is 4.99 Å². The van der Waals surface area contributed by atoms with Crippen molar-refractivity contribution in [2.24, 2.45) is 10.9 Å². The molecule has 1 saturated heterocycles. The Balaban J connectivity index is 0.00000338. The SMILES string of the molecule is C=CCSCCNC(=NCC1CCCN(C)C1c1cccs1)NCC.I. The minimum absolute atomic E-state index is 0. The third-order valence-electron chi connectivity index (χ3n) is 4.44. The zero-order valence-electron chi connectivity index (χ0n) is 15.9. The van der Waals surface area contributed by atoms with Crippen LogP contribution in [0.15, 0.2) is 35.2 Å². The lowest BCUT2D eigenvalue weighted by Gasteiger charge is -2.38. The smallest absolute Gasteiger partial charge is 0.191 e. The predicted molar refractivity (Wildman–Crippen MR) is 129 cm³/mol. The second kappa shape index (κ2) is 13.8. The van der Waals surface area contributed by atoms with E-state index in [0.717, 1.165) is 37.1 Å². The van der Waals surface area contributed by atoms with Crippen LogP contribution in [0, 0.1) is 5.92 Å². The van der Waals surface area contributed by atoms with Crippen molar-refractivity contribution >= 4 is 53.0 Å². The molecule has 0 radical (unpaired) electrons. The fourth-order valence-corrected chi connectivity index (χ4v) is 4.88. The number of piperidine rings is 1. The van der Waals surface area contributed by atoms with Crippen LogP contribution in [0.4, 0.5) is 0 Å². The molecule has 1 aromatic rings. The van der Waals surface area contributed by atoms with Crippen molar-refractivity contribution in [3.8, 4) is 0 Å². The summed E-state index contributed by atoms with van der Waals surface area (Å²) in [5.74, 6) is 3.61. The number of likely N-dealkylation sites (tertiary alicyclic amines) is 1. The van der Waals surface area contributed by atoms with Crippen molar-refractivity contribution in [2.45, 2.75) is 25.8 Å². The summed E-state index contributed by atoms with van der Waals surface area (Å²) in [5, 5.41) is 9.01. The lowest BCUT2D eigenvalue weighted by atomic mass is 9.88. The van der Waals surface area contributed by atoms with E-state index in [0.29, 0.717) is 12.0 Å². The fraction of sp³-hybridized carbons (Fsp3) is 0.632. The normalized spacial score (nSPS) is 21.1. The molecule has 2 heterocycles. The van der Waals surface area contributed by atoms with Crippen LogP contribution in [-0.2, 0) is 0 Å². The predicted octanol–water partition coefficient (Wildman–Crippen LogP) is 4.22. The van der Waals surface area contributed by atoms with Gasteiger partial charge in [0.15, 0.2) is 5.96 Å². The van der Waals surface area contributed by atoms with E-state index in [2.05, 4.69) is 53.6 Å². The molecular weight excluding hydrogens is 475 g/mol. The fourth-order valence-electron chi connectivity index (χ4n) is 3.32. The maximum absolute atomic E-state index is 4.89. The van der Waals surface area contributed by atoms with Gasteiger partial charge in [-0.15, -0.1) is 41.9 Å². The molecule has 2 unspecified atom stereocenters. The average molecular weight is 509 g/mol. The van der Waals surface area contributed by atoms with Crippen molar-refractivity contribution in [1.29, 1.82) is 0 Å². The third-order valence-corrected chi connectivity index (χ3v) is 6.35. The molecule has 0 aliphatic carbocycles. The van der Waals surface area contributed by atoms with Crippen LogP contribution in [0.3, 0.4) is 0 Å². The van der Waals surface area contributed by atoms with Crippen molar-refractivity contribution in [3.63, 3.8) is 0 Å². The average Bonchev–Trinajstić information content (AvgIpc) is 3.13. The van der Waals surface area contributed by atoms with Gasteiger partial charge in [0, 0.05) is 42.1 Å². The Labute approximate surface area is 184 Å². The van der Waals surface area contributed by atoms with Gasteiger partial charge in [-0.05, 0) is 50.7 Å². The number of thioether (sulfide) groups is 1. The van der Waals surface area contributed by atoms with E-state index in [1.165, 1.54) is 24.3 Å². The summed E-state index contributed by atoms with van der Waals surface area (Å²) in [5.41, 5.74) is 0. The highest BCUT2D eigenvalue weighted by molar-refractivity contribution is 14.0.